The van der Waals surface area contributed by atoms with Crippen LogP contribution < -0.4 is 0 Å². The van der Waals surface area contributed by atoms with Crippen molar-refractivity contribution in [2.45, 2.75) is 31.7 Å². The lowest BCUT2D eigenvalue weighted by Crippen LogP contribution is -2.27. The molecule has 1 saturated heterocycles. The average molecular weight is 330 g/mol. The summed E-state index contributed by atoms with van der Waals surface area (Å²) in [5, 5.41) is 0.0977. The number of fused-ring (bicyclic) bond motifs is 1. The molecule has 3 nitrogen and oxygen atoms in total. The first-order valence-corrected chi connectivity index (χ1v) is 8.15. The molecule has 1 aromatic heterocycles. The van der Waals surface area contributed by atoms with Gasteiger partial charge in [0.1, 0.15) is 11.6 Å². The molecule has 0 aliphatic carbocycles. The van der Waals surface area contributed by atoms with Gasteiger partial charge in [0.05, 0.1) is 21.9 Å². The monoisotopic (exact) mass is 329 g/mol. The van der Waals surface area contributed by atoms with E-state index in [2.05, 4.69) is 16.8 Å². The van der Waals surface area contributed by atoms with E-state index in [0.717, 1.165) is 31.0 Å². The zero-order valence-electron chi connectivity index (χ0n) is 12.0. The molecule has 21 heavy (non-hydrogen) atoms. The van der Waals surface area contributed by atoms with Gasteiger partial charge in [-0.15, -0.1) is 11.6 Å². The van der Waals surface area contributed by atoms with Crippen molar-refractivity contribution >= 4 is 34.2 Å². The van der Waals surface area contributed by atoms with Gasteiger partial charge in [-0.25, -0.2) is 9.37 Å². The van der Waals surface area contributed by atoms with Gasteiger partial charge in [0, 0.05) is 18.7 Å². The van der Waals surface area contributed by atoms with Gasteiger partial charge < -0.3 is 9.47 Å². The van der Waals surface area contributed by atoms with Crippen LogP contribution in [0.5, 0.6) is 0 Å². The summed E-state index contributed by atoms with van der Waals surface area (Å²) in [5.74, 6) is 0.651. The second kappa shape index (κ2) is 6.11. The molecule has 3 rings (SSSR count). The quantitative estimate of drug-likeness (QED) is 0.783. The lowest BCUT2D eigenvalue weighted by atomic mass is 10.2. The predicted octanol–water partition coefficient (Wildman–Crippen LogP) is 4.22. The molecule has 6 heteroatoms. The van der Waals surface area contributed by atoms with E-state index in [4.69, 9.17) is 23.2 Å². The number of alkyl halides is 1. The highest BCUT2D eigenvalue weighted by atomic mass is 35.5. The number of hydrogen-bond acceptors (Lipinski definition) is 2. The predicted molar refractivity (Wildman–Crippen MR) is 84.6 cm³/mol. The van der Waals surface area contributed by atoms with Crippen molar-refractivity contribution in [1.82, 2.24) is 14.5 Å². The average Bonchev–Trinajstić information content (AvgIpc) is 3.06. The fraction of sp³-hybridized carbons (Fsp3) is 0.533. The minimum Gasteiger partial charge on any atom is -0.323 e. The van der Waals surface area contributed by atoms with E-state index in [1.807, 2.05) is 4.57 Å². The molecule has 2 aromatic rings. The van der Waals surface area contributed by atoms with E-state index in [1.165, 1.54) is 18.9 Å². The Labute approximate surface area is 133 Å². The highest BCUT2D eigenvalue weighted by Crippen LogP contribution is 2.28. The molecule has 1 aliphatic heterocycles. The van der Waals surface area contributed by atoms with E-state index >= 15 is 0 Å². The van der Waals surface area contributed by atoms with E-state index in [1.54, 1.807) is 6.07 Å². The summed E-state index contributed by atoms with van der Waals surface area (Å²) < 4.78 is 15.8. The van der Waals surface area contributed by atoms with E-state index in [0.29, 0.717) is 11.4 Å². The normalized spacial score (nSPS) is 17.7. The summed E-state index contributed by atoms with van der Waals surface area (Å²) in [4.78, 5) is 6.92. The molecule has 1 fully saturated rings. The number of imidazole rings is 1. The van der Waals surface area contributed by atoms with Gasteiger partial charge in [-0.2, -0.15) is 0 Å². The number of rotatable bonds is 4. The third-order valence-electron chi connectivity index (χ3n) is 4.09. The highest BCUT2D eigenvalue weighted by Gasteiger charge is 2.20. The molecule has 0 bridgehead atoms. The van der Waals surface area contributed by atoms with Crippen molar-refractivity contribution in [3.8, 4) is 0 Å². The summed E-state index contributed by atoms with van der Waals surface area (Å²) >= 11 is 11.9. The fourth-order valence-electron chi connectivity index (χ4n) is 3.15. The lowest BCUT2D eigenvalue weighted by Gasteiger charge is -2.23. The Hall–Kier alpha value is -0.840. The number of nitrogens with zero attached hydrogens (tertiary/aromatic N) is 3. The van der Waals surface area contributed by atoms with Gasteiger partial charge in [0.15, 0.2) is 0 Å². The van der Waals surface area contributed by atoms with Crippen molar-refractivity contribution in [1.29, 1.82) is 0 Å². The first-order valence-electron chi connectivity index (χ1n) is 7.24. The summed E-state index contributed by atoms with van der Waals surface area (Å²) in [6, 6.07) is 3.23. The Kier molecular flexibility index (Phi) is 4.38. The van der Waals surface area contributed by atoms with Gasteiger partial charge >= 0.3 is 0 Å². The Morgan fingerprint density at radius 3 is 2.71 bits per heavy atom. The minimum absolute atomic E-state index is 0.0977. The minimum atomic E-state index is -0.417. The molecule has 1 aliphatic rings. The third kappa shape index (κ3) is 2.89. The van der Waals surface area contributed by atoms with Crippen molar-refractivity contribution in [2.24, 2.45) is 0 Å². The number of halogens is 3. The first-order chi connectivity index (χ1) is 10.1. The molecule has 1 unspecified atom stereocenters. The fourth-order valence-corrected chi connectivity index (χ4v) is 3.49. The van der Waals surface area contributed by atoms with Crippen molar-refractivity contribution < 1.29 is 4.39 Å². The summed E-state index contributed by atoms with van der Waals surface area (Å²) in [7, 11) is 0. The van der Waals surface area contributed by atoms with Gasteiger partial charge in [0.2, 0.25) is 0 Å². The van der Waals surface area contributed by atoms with E-state index in [9.17, 15) is 4.39 Å². The van der Waals surface area contributed by atoms with Crippen LogP contribution in [0.1, 0.15) is 31.6 Å². The molecule has 1 atom stereocenters. The second-order valence-corrected chi connectivity index (χ2v) is 6.32. The van der Waals surface area contributed by atoms with E-state index in [-0.39, 0.29) is 11.1 Å². The maximum absolute atomic E-state index is 13.8. The van der Waals surface area contributed by atoms with Crippen LogP contribution in [0, 0.1) is 5.82 Å². The first kappa shape index (κ1) is 15.1. The number of hydrogen-bond donors (Lipinski definition) is 0. The molecule has 1 aromatic carbocycles. The maximum atomic E-state index is 13.8. The molecule has 0 N–H and O–H groups in total. The highest BCUT2D eigenvalue weighted by molar-refractivity contribution is 6.31. The van der Waals surface area contributed by atoms with Crippen LogP contribution in [0.15, 0.2) is 12.1 Å². The van der Waals surface area contributed by atoms with Gasteiger partial charge in [0.25, 0.3) is 0 Å². The maximum Gasteiger partial charge on any atom is 0.144 e. The Bertz CT molecular complexity index is 650. The SMILES string of the molecule is CC(CN1CCCC1)n1c(CCl)nc2cc(Cl)c(F)cc21. The number of aromatic nitrogens is 2. The Morgan fingerprint density at radius 2 is 2.05 bits per heavy atom. The van der Waals surface area contributed by atoms with E-state index < -0.39 is 5.82 Å². The molecule has 2 heterocycles. The molecular weight excluding hydrogens is 312 g/mol. The van der Waals surface area contributed by atoms with Gasteiger partial charge in [-0.3, -0.25) is 0 Å². The van der Waals surface area contributed by atoms with Crippen LogP contribution in [0.3, 0.4) is 0 Å². The standard InChI is InChI=1S/C15H18Cl2FN3/c1-10(9-20-4-2-3-5-20)21-14-7-12(18)11(17)6-13(14)19-15(21)8-16/h6-7,10H,2-5,8-9H2,1H3. The van der Waals surface area contributed by atoms with Crippen LogP contribution in [0.4, 0.5) is 4.39 Å². The molecule has 0 spiro atoms. The van der Waals surface area contributed by atoms with Crippen LogP contribution >= 0.6 is 23.2 Å². The molecule has 0 amide bonds. The molecular formula is C15H18Cl2FN3. The smallest absolute Gasteiger partial charge is 0.144 e. The zero-order chi connectivity index (χ0) is 15.0. The number of benzene rings is 1. The second-order valence-electron chi connectivity index (χ2n) is 5.64. The van der Waals surface area contributed by atoms with Gasteiger partial charge in [-0.05, 0) is 38.9 Å². The molecule has 114 valence electrons. The lowest BCUT2D eigenvalue weighted by molar-refractivity contribution is 0.288. The van der Waals surface area contributed by atoms with Crippen LogP contribution in [0.2, 0.25) is 5.02 Å². The summed E-state index contributed by atoms with van der Waals surface area (Å²) in [6.45, 7) is 5.32. The van der Waals surface area contributed by atoms with Crippen molar-refractivity contribution in [3.63, 3.8) is 0 Å². The summed E-state index contributed by atoms with van der Waals surface area (Å²) in [6.07, 6.45) is 2.51. The summed E-state index contributed by atoms with van der Waals surface area (Å²) in [5.41, 5.74) is 1.46. The van der Waals surface area contributed by atoms with Gasteiger partial charge in [-0.1, -0.05) is 11.6 Å². The largest absolute Gasteiger partial charge is 0.323 e. The van der Waals surface area contributed by atoms with Crippen molar-refractivity contribution in [3.05, 3.63) is 28.8 Å². The molecule has 0 saturated carbocycles. The van der Waals surface area contributed by atoms with Crippen LogP contribution in [0.25, 0.3) is 11.0 Å². The zero-order valence-corrected chi connectivity index (χ0v) is 13.5. The van der Waals surface area contributed by atoms with Crippen LogP contribution in [-0.2, 0) is 5.88 Å². The Balaban J connectivity index is 2.00. The van der Waals surface area contributed by atoms with Crippen molar-refractivity contribution in [2.75, 3.05) is 19.6 Å². The third-order valence-corrected chi connectivity index (χ3v) is 4.61. The molecule has 0 radical (unpaired) electrons. The van der Waals surface area contributed by atoms with Crippen LogP contribution in [-0.4, -0.2) is 34.1 Å². The number of likely N-dealkylation sites (tertiary alicyclic amines) is 1. The topological polar surface area (TPSA) is 21.1 Å². The Morgan fingerprint density at radius 1 is 1.33 bits per heavy atom.